The number of aryl methyl sites for hydroxylation is 1. The molecule has 0 saturated heterocycles. The Labute approximate surface area is 243 Å². The number of halogens is 1. The number of hydrogen-bond acceptors (Lipinski definition) is 6. The largest absolute Gasteiger partial charge is 1.00 e. The Balaban J connectivity index is 0.00000400. The zero-order valence-corrected chi connectivity index (χ0v) is 23.7. The summed E-state index contributed by atoms with van der Waals surface area (Å²) in [5.41, 5.74) is 3.77. The van der Waals surface area contributed by atoms with Gasteiger partial charge in [0.05, 0.1) is 17.9 Å². The van der Waals surface area contributed by atoms with E-state index in [4.69, 9.17) is 4.98 Å². The first-order valence-electron chi connectivity index (χ1n) is 12.5. The van der Waals surface area contributed by atoms with Crippen molar-refractivity contribution >= 4 is 11.9 Å². The van der Waals surface area contributed by atoms with Crippen molar-refractivity contribution in [2.75, 3.05) is 0 Å². The van der Waals surface area contributed by atoms with Crippen molar-refractivity contribution in [1.29, 1.82) is 0 Å². The summed E-state index contributed by atoms with van der Waals surface area (Å²) in [5, 5.41) is 34.0. The predicted molar refractivity (Wildman–Crippen MR) is 133 cm³/mol. The van der Waals surface area contributed by atoms with E-state index in [2.05, 4.69) is 5.32 Å². The number of carbonyl (C=O) groups excluding carboxylic acids is 2. The molecule has 1 aromatic heterocycles. The second-order valence-electron chi connectivity index (χ2n) is 9.62. The third kappa shape index (κ3) is 7.74. The summed E-state index contributed by atoms with van der Waals surface area (Å²) in [6.07, 6.45) is -0.843. The number of aliphatic carboxylic acids is 1. The Kier molecular flexibility index (Phi) is 10.6. The number of nitrogens with one attached hydrogen (secondary N) is 1. The van der Waals surface area contributed by atoms with Crippen LogP contribution in [0.15, 0.2) is 48.5 Å². The standard InChI is InChI=1S/C28H32FN3O5.Na/c1-17-4-2-3-5-20(17)16-30-28(37)25-26(18-6-7-18)32(13-12-22(33)14-23(34)15-24(35)36)27(31-25)19-8-10-21(29)11-9-19;/h2-5,8-11,18,22-23,33-34H,6-7,12-16H2,1H3,(H,30,37)(H,35,36);/q;+1/p-1/t22-,23-;/m1./s1. The molecule has 8 nitrogen and oxygen atoms in total. The second-order valence-corrected chi connectivity index (χ2v) is 9.62. The SMILES string of the molecule is Cc1ccccc1CNC(=O)c1nc(-c2ccc(F)cc2)n(CC[C@@H](O)C[C@@H](O)CC(=O)[O-])c1C1CC1.[Na+]. The summed E-state index contributed by atoms with van der Waals surface area (Å²) in [5.74, 6) is -1.45. The number of aliphatic hydroxyl groups is 2. The van der Waals surface area contributed by atoms with Crippen molar-refractivity contribution in [3.8, 4) is 11.4 Å². The molecule has 1 aliphatic carbocycles. The molecule has 1 aliphatic rings. The number of aliphatic hydroxyl groups excluding tert-OH is 2. The fourth-order valence-corrected chi connectivity index (χ4v) is 4.50. The van der Waals surface area contributed by atoms with E-state index in [0.717, 1.165) is 29.7 Å². The smallest absolute Gasteiger partial charge is 0.550 e. The number of aromatic nitrogens is 2. The summed E-state index contributed by atoms with van der Waals surface area (Å²) in [6, 6.07) is 13.6. The monoisotopic (exact) mass is 531 g/mol. The Morgan fingerprint density at radius 1 is 1.13 bits per heavy atom. The van der Waals surface area contributed by atoms with Crippen LogP contribution < -0.4 is 40.0 Å². The van der Waals surface area contributed by atoms with E-state index in [0.29, 0.717) is 23.6 Å². The minimum atomic E-state index is -1.38. The average molecular weight is 532 g/mol. The summed E-state index contributed by atoms with van der Waals surface area (Å²) in [6.45, 7) is 2.62. The van der Waals surface area contributed by atoms with Crippen LogP contribution >= 0.6 is 0 Å². The van der Waals surface area contributed by atoms with Gasteiger partial charge in [-0.3, -0.25) is 4.79 Å². The Bertz CT molecular complexity index is 1260. The zero-order chi connectivity index (χ0) is 26.5. The molecule has 1 amide bonds. The molecule has 2 atom stereocenters. The number of hydrogen-bond donors (Lipinski definition) is 3. The van der Waals surface area contributed by atoms with Crippen molar-refractivity contribution in [3.63, 3.8) is 0 Å². The number of nitrogens with zero attached hydrogens (tertiary/aromatic N) is 2. The molecule has 0 aliphatic heterocycles. The van der Waals surface area contributed by atoms with Gasteiger partial charge in [0.25, 0.3) is 5.91 Å². The van der Waals surface area contributed by atoms with Gasteiger partial charge in [0.2, 0.25) is 0 Å². The van der Waals surface area contributed by atoms with E-state index in [9.17, 15) is 29.3 Å². The Morgan fingerprint density at radius 2 is 1.82 bits per heavy atom. The maximum atomic E-state index is 13.6. The fraction of sp³-hybridized carbons (Fsp3) is 0.393. The van der Waals surface area contributed by atoms with Crippen LogP contribution in [0.4, 0.5) is 4.39 Å². The predicted octanol–water partition coefficient (Wildman–Crippen LogP) is -0.549. The molecular formula is C28H31FN3NaO5. The van der Waals surface area contributed by atoms with Crippen molar-refractivity contribution in [1.82, 2.24) is 14.9 Å². The van der Waals surface area contributed by atoms with Crippen LogP contribution in [0.2, 0.25) is 0 Å². The van der Waals surface area contributed by atoms with Gasteiger partial charge in [-0.1, -0.05) is 24.3 Å². The van der Waals surface area contributed by atoms with Crippen molar-refractivity contribution in [3.05, 3.63) is 76.9 Å². The minimum absolute atomic E-state index is 0. The molecule has 1 saturated carbocycles. The molecule has 196 valence electrons. The quantitative estimate of drug-likeness (QED) is 0.269. The Morgan fingerprint density at radius 3 is 2.45 bits per heavy atom. The number of benzene rings is 2. The van der Waals surface area contributed by atoms with Gasteiger partial charge >= 0.3 is 29.6 Å². The summed E-state index contributed by atoms with van der Waals surface area (Å²) in [4.78, 5) is 28.7. The molecule has 2 aromatic carbocycles. The summed E-state index contributed by atoms with van der Waals surface area (Å²) < 4.78 is 15.5. The normalized spacial score (nSPS) is 14.4. The van der Waals surface area contributed by atoms with Crippen LogP contribution in [0.3, 0.4) is 0 Å². The van der Waals surface area contributed by atoms with Crippen molar-refractivity contribution in [2.45, 2.75) is 70.2 Å². The molecule has 1 heterocycles. The van der Waals surface area contributed by atoms with Crippen LogP contribution in [0.5, 0.6) is 0 Å². The number of carbonyl (C=O) groups is 2. The van der Waals surface area contributed by atoms with Crippen LogP contribution in [0.1, 0.15) is 65.3 Å². The van der Waals surface area contributed by atoms with Gasteiger partial charge in [0.15, 0.2) is 0 Å². The summed E-state index contributed by atoms with van der Waals surface area (Å²) in [7, 11) is 0. The number of carboxylic acids is 1. The number of amides is 1. The van der Waals surface area contributed by atoms with Crippen molar-refractivity contribution in [2.24, 2.45) is 0 Å². The first kappa shape index (κ1) is 30.0. The number of carboxylic acid groups (broad SMARTS) is 1. The van der Waals surface area contributed by atoms with Crippen LogP contribution in [0.25, 0.3) is 11.4 Å². The van der Waals surface area contributed by atoms with Crippen molar-refractivity contribution < 1.29 is 58.9 Å². The Hall–Kier alpha value is -2.56. The third-order valence-corrected chi connectivity index (χ3v) is 6.62. The third-order valence-electron chi connectivity index (χ3n) is 6.62. The zero-order valence-electron chi connectivity index (χ0n) is 21.7. The first-order chi connectivity index (χ1) is 17.7. The minimum Gasteiger partial charge on any atom is -0.550 e. The van der Waals surface area contributed by atoms with Gasteiger partial charge in [-0.15, -0.1) is 0 Å². The molecule has 38 heavy (non-hydrogen) atoms. The fourth-order valence-electron chi connectivity index (χ4n) is 4.50. The van der Waals surface area contributed by atoms with Crippen LogP contribution in [-0.4, -0.2) is 43.8 Å². The van der Waals surface area contributed by atoms with Crippen LogP contribution in [0, 0.1) is 12.7 Å². The number of imidazole rings is 1. The molecule has 0 unspecified atom stereocenters. The van der Waals surface area contributed by atoms with E-state index in [-0.39, 0.29) is 60.8 Å². The summed E-state index contributed by atoms with van der Waals surface area (Å²) >= 11 is 0. The van der Waals surface area contributed by atoms with Gasteiger partial charge in [-0.2, -0.15) is 0 Å². The number of rotatable bonds is 12. The molecule has 3 aromatic rings. The van der Waals surface area contributed by atoms with Gasteiger partial charge in [0.1, 0.15) is 17.3 Å². The van der Waals surface area contributed by atoms with E-state index in [1.807, 2.05) is 35.8 Å². The molecule has 4 rings (SSSR count). The maximum absolute atomic E-state index is 13.6. The van der Waals surface area contributed by atoms with Gasteiger partial charge in [0, 0.05) is 37.0 Å². The van der Waals surface area contributed by atoms with E-state index in [1.54, 1.807) is 12.1 Å². The van der Waals surface area contributed by atoms with Gasteiger partial charge in [-0.05, 0) is 68.0 Å². The molecular weight excluding hydrogens is 500 g/mol. The van der Waals surface area contributed by atoms with Gasteiger partial charge < -0.3 is 30.0 Å². The molecule has 0 spiro atoms. The molecule has 0 radical (unpaired) electrons. The first-order valence-corrected chi connectivity index (χ1v) is 12.5. The molecule has 1 fully saturated rings. The molecule has 0 bridgehead atoms. The van der Waals surface area contributed by atoms with E-state index in [1.165, 1.54) is 12.1 Å². The van der Waals surface area contributed by atoms with Gasteiger partial charge in [-0.25, -0.2) is 9.37 Å². The average Bonchev–Trinajstić information content (AvgIpc) is 3.62. The van der Waals surface area contributed by atoms with Crippen LogP contribution in [-0.2, 0) is 17.9 Å². The molecule has 10 heteroatoms. The maximum Gasteiger partial charge on any atom is 1.00 e. The van der Waals surface area contributed by atoms with E-state index >= 15 is 0 Å². The second kappa shape index (κ2) is 13.5. The molecule has 3 N–H and O–H groups in total. The topological polar surface area (TPSA) is 128 Å². The van der Waals surface area contributed by atoms with E-state index < -0.39 is 30.4 Å².